The third kappa shape index (κ3) is 7.17. The Morgan fingerprint density at radius 3 is 2.60 bits per heavy atom. The van der Waals surface area contributed by atoms with Crippen molar-refractivity contribution in [3.63, 3.8) is 0 Å². The number of amides is 1. The summed E-state index contributed by atoms with van der Waals surface area (Å²) >= 11 is 0. The molecule has 2 aromatic rings. The van der Waals surface area contributed by atoms with Gasteiger partial charge in [-0.1, -0.05) is 24.3 Å². The van der Waals surface area contributed by atoms with Gasteiger partial charge in [0.05, 0.1) is 25.3 Å². The van der Waals surface area contributed by atoms with Crippen LogP contribution in [0.4, 0.5) is 0 Å². The van der Waals surface area contributed by atoms with Crippen LogP contribution in [0.2, 0.25) is 0 Å². The molecule has 2 N–H and O–H groups in total. The lowest BCUT2D eigenvalue weighted by molar-refractivity contribution is -0.921. The van der Waals surface area contributed by atoms with Crippen LogP contribution in [0.3, 0.4) is 0 Å². The number of rotatable bonds is 9. The molecule has 1 saturated heterocycles. The Labute approximate surface area is 176 Å². The second-order valence-electron chi connectivity index (χ2n) is 7.33. The zero-order chi connectivity index (χ0) is 21.2. The van der Waals surface area contributed by atoms with Crippen molar-refractivity contribution in [1.29, 1.82) is 0 Å². The molecule has 7 heteroatoms. The summed E-state index contributed by atoms with van der Waals surface area (Å²) in [7, 11) is 0. The molecule has 0 aromatic heterocycles. The number of esters is 1. The Morgan fingerprint density at radius 2 is 1.87 bits per heavy atom. The highest BCUT2D eigenvalue weighted by atomic mass is 16.5. The molecule has 0 unspecified atom stereocenters. The summed E-state index contributed by atoms with van der Waals surface area (Å²) in [5, 5.41) is 2.67. The van der Waals surface area contributed by atoms with E-state index in [9.17, 15) is 9.59 Å². The molecule has 1 aliphatic rings. The SMILES string of the molecule is Cc1cccc(OCCNC(=O)COC(=O)c2ccc(C[NH+]3CCOCC3)cc2)c1. The van der Waals surface area contributed by atoms with Gasteiger partial charge in [-0.05, 0) is 36.8 Å². The van der Waals surface area contributed by atoms with E-state index in [0.29, 0.717) is 18.7 Å². The van der Waals surface area contributed by atoms with E-state index in [1.165, 1.54) is 4.90 Å². The van der Waals surface area contributed by atoms with E-state index < -0.39 is 5.97 Å². The van der Waals surface area contributed by atoms with Gasteiger partial charge in [0.2, 0.25) is 0 Å². The van der Waals surface area contributed by atoms with Crippen molar-refractivity contribution in [2.45, 2.75) is 13.5 Å². The molecule has 1 aliphatic heterocycles. The van der Waals surface area contributed by atoms with Gasteiger partial charge in [-0.2, -0.15) is 0 Å². The summed E-state index contributed by atoms with van der Waals surface area (Å²) in [5.41, 5.74) is 2.71. The number of hydrogen-bond acceptors (Lipinski definition) is 5. The van der Waals surface area contributed by atoms with Crippen molar-refractivity contribution in [3.8, 4) is 5.75 Å². The lowest BCUT2D eigenvalue weighted by Crippen LogP contribution is -3.12. The number of carbonyl (C=O) groups excluding carboxylic acids is 2. The molecule has 0 spiro atoms. The van der Waals surface area contributed by atoms with E-state index in [0.717, 1.165) is 49.7 Å². The van der Waals surface area contributed by atoms with Crippen LogP contribution in [-0.2, 0) is 20.8 Å². The van der Waals surface area contributed by atoms with Gasteiger partial charge in [0.15, 0.2) is 6.61 Å². The molecule has 1 heterocycles. The molecule has 1 fully saturated rings. The molecule has 0 bridgehead atoms. The van der Waals surface area contributed by atoms with Crippen LogP contribution in [-0.4, -0.2) is 57.9 Å². The quantitative estimate of drug-likeness (QED) is 0.469. The minimum Gasteiger partial charge on any atom is -0.492 e. The number of quaternary nitrogens is 1. The number of hydrogen-bond donors (Lipinski definition) is 2. The summed E-state index contributed by atoms with van der Waals surface area (Å²) in [4.78, 5) is 25.5. The second kappa shape index (κ2) is 11.3. The molecular formula is C23H29N2O5+. The van der Waals surface area contributed by atoms with Gasteiger partial charge in [-0.3, -0.25) is 4.79 Å². The first-order chi connectivity index (χ1) is 14.6. The maximum atomic E-state index is 12.1. The number of aryl methyl sites for hydroxylation is 1. The predicted octanol–water partition coefficient (Wildman–Crippen LogP) is 0.762. The van der Waals surface area contributed by atoms with Gasteiger partial charge >= 0.3 is 5.97 Å². The Hall–Kier alpha value is -2.90. The summed E-state index contributed by atoms with van der Waals surface area (Å²) in [6, 6.07) is 15.0. The van der Waals surface area contributed by atoms with Crippen LogP contribution >= 0.6 is 0 Å². The number of benzene rings is 2. The van der Waals surface area contributed by atoms with Crippen LogP contribution in [0.1, 0.15) is 21.5 Å². The van der Waals surface area contributed by atoms with Gasteiger partial charge in [0, 0.05) is 5.56 Å². The van der Waals surface area contributed by atoms with E-state index in [4.69, 9.17) is 14.2 Å². The molecule has 0 saturated carbocycles. The van der Waals surface area contributed by atoms with Crippen molar-refractivity contribution in [2.75, 3.05) is 46.1 Å². The standard InChI is InChI=1S/C23H28N2O5/c1-18-3-2-4-21(15-18)29-12-9-24-22(26)17-30-23(27)20-7-5-19(6-8-20)16-25-10-13-28-14-11-25/h2-8,15H,9-14,16-17H2,1H3,(H,24,26)/p+1. The predicted molar refractivity (Wildman–Crippen MR) is 112 cm³/mol. The molecule has 0 aliphatic carbocycles. The highest BCUT2D eigenvalue weighted by Gasteiger charge is 2.15. The van der Waals surface area contributed by atoms with Crippen LogP contribution in [0.15, 0.2) is 48.5 Å². The molecule has 0 radical (unpaired) electrons. The van der Waals surface area contributed by atoms with Gasteiger partial charge in [0.1, 0.15) is 32.0 Å². The number of ether oxygens (including phenoxy) is 3. The van der Waals surface area contributed by atoms with Gasteiger partial charge < -0.3 is 24.4 Å². The number of carbonyl (C=O) groups is 2. The molecule has 1 amide bonds. The topological polar surface area (TPSA) is 78.3 Å². The van der Waals surface area contributed by atoms with Crippen LogP contribution in [0.5, 0.6) is 5.75 Å². The van der Waals surface area contributed by atoms with Crippen molar-refractivity contribution < 1.29 is 28.7 Å². The molecule has 0 atom stereocenters. The molecule has 160 valence electrons. The zero-order valence-electron chi connectivity index (χ0n) is 17.3. The van der Waals surface area contributed by atoms with E-state index in [1.54, 1.807) is 12.1 Å². The van der Waals surface area contributed by atoms with Crippen LogP contribution < -0.4 is 15.0 Å². The average Bonchev–Trinajstić information content (AvgIpc) is 2.76. The number of morpholine rings is 1. The lowest BCUT2D eigenvalue weighted by atomic mass is 10.1. The summed E-state index contributed by atoms with van der Waals surface area (Å²) in [6.07, 6.45) is 0. The first-order valence-electron chi connectivity index (χ1n) is 10.2. The fourth-order valence-corrected chi connectivity index (χ4v) is 3.21. The highest BCUT2D eigenvalue weighted by Crippen LogP contribution is 2.11. The van der Waals surface area contributed by atoms with Crippen molar-refractivity contribution in [2.24, 2.45) is 0 Å². The van der Waals surface area contributed by atoms with Gasteiger partial charge in [0.25, 0.3) is 5.91 Å². The third-order valence-corrected chi connectivity index (χ3v) is 4.86. The highest BCUT2D eigenvalue weighted by molar-refractivity contribution is 5.91. The normalized spacial score (nSPS) is 14.2. The van der Waals surface area contributed by atoms with Gasteiger partial charge in [-0.15, -0.1) is 0 Å². The van der Waals surface area contributed by atoms with E-state index >= 15 is 0 Å². The molecular weight excluding hydrogens is 384 g/mol. The Kier molecular flexibility index (Phi) is 8.23. The minimum atomic E-state index is -0.508. The summed E-state index contributed by atoms with van der Waals surface area (Å²) in [6.45, 7) is 6.83. The Balaban J connectivity index is 1.33. The Morgan fingerprint density at radius 1 is 1.10 bits per heavy atom. The second-order valence-corrected chi connectivity index (χ2v) is 7.33. The first kappa shape index (κ1) is 21.8. The smallest absolute Gasteiger partial charge is 0.338 e. The molecule has 30 heavy (non-hydrogen) atoms. The molecule has 7 nitrogen and oxygen atoms in total. The average molecular weight is 413 g/mol. The van der Waals surface area contributed by atoms with Gasteiger partial charge in [-0.25, -0.2) is 4.79 Å². The van der Waals surface area contributed by atoms with Crippen molar-refractivity contribution >= 4 is 11.9 Å². The van der Waals surface area contributed by atoms with Crippen LogP contribution in [0, 0.1) is 6.92 Å². The fraction of sp³-hybridized carbons (Fsp3) is 0.391. The van der Waals surface area contributed by atoms with Crippen molar-refractivity contribution in [3.05, 3.63) is 65.2 Å². The fourth-order valence-electron chi connectivity index (χ4n) is 3.21. The first-order valence-corrected chi connectivity index (χ1v) is 10.2. The molecule has 3 rings (SSSR count). The summed E-state index contributed by atoms with van der Waals surface area (Å²) < 4.78 is 16.0. The van der Waals surface area contributed by atoms with E-state index in [-0.39, 0.29) is 12.5 Å². The maximum absolute atomic E-state index is 12.1. The molecule has 2 aromatic carbocycles. The minimum absolute atomic E-state index is 0.317. The van der Waals surface area contributed by atoms with Crippen molar-refractivity contribution in [1.82, 2.24) is 5.32 Å². The third-order valence-electron chi connectivity index (χ3n) is 4.86. The van der Waals surface area contributed by atoms with E-state index in [2.05, 4.69) is 5.32 Å². The van der Waals surface area contributed by atoms with Crippen LogP contribution in [0.25, 0.3) is 0 Å². The zero-order valence-corrected chi connectivity index (χ0v) is 17.3. The lowest BCUT2D eigenvalue weighted by Gasteiger charge is -2.23. The number of nitrogens with one attached hydrogen (secondary N) is 2. The van der Waals surface area contributed by atoms with E-state index in [1.807, 2.05) is 43.3 Å². The summed E-state index contributed by atoms with van der Waals surface area (Å²) in [5.74, 6) is -0.107. The Bertz CT molecular complexity index is 832. The monoisotopic (exact) mass is 413 g/mol. The largest absolute Gasteiger partial charge is 0.492 e. The maximum Gasteiger partial charge on any atom is 0.338 e.